The second kappa shape index (κ2) is 7.46. The molecule has 0 atom stereocenters. The fourth-order valence-electron chi connectivity index (χ4n) is 3.30. The molecule has 1 amide bonds. The molecule has 28 heavy (non-hydrogen) atoms. The van der Waals surface area contributed by atoms with Crippen molar-refractivity contribution < 1.29 is 13.9 Å². The lowest BCUT2D eigenvalue weighted by atomic mass is 10.1. The fraction of sp³-hybridized carbons (Fsp3) is 0.273. The summed E-state index contributed by atoms with van der Waals surface area (Å²) in [5.41, 5.74) is 1.45. The van der Waals surface area contributed by atoms with Gasteiger partial charge in [-0.3, -0.25) is 9.59 Å². The Balaban J connectivity index is 1.65. The summed E-state index contributed by atoms with van der Waals surface area (Å²) in [4.78, 5) is 30.1. The Morgan fingerprint density at radius 3 is 2.61 bits per heavy atom. The number of amides is 1. The summed E-state index contributed by atoms with van der Waals surface area (Å²) in [6.45, 7) is 2.69. The maximum atomic E-state index is 13.2. The van der Waals surface area contributed by atoms with Crippen LogP contribution in [0.4, 0.5) is 4.39 Å². The number of aromatic nitrogens is 1. The van der Waals surface area contributed by atoms with Crippen LogP contribution in [0.3, 0.4) is 0 Å². The fourth-order valence-corrected chi connectivity index (χ4v) is 3.30. The molecular weight excluding hydrogens is 359 g/mol. The zero-order chi connectivity index (χ0) is 19.7. The predicted octanol–water partition coefficient (Wildman–Crippen LogP) is 3.87. The number of carbonyl (C=O) groups is 1. The number of nitrogens with one attached hydrogen (secondary N) is 1. The third-order valence-corrected chi connectivity index (χ3v) is 4.88. The molecule has 6 heteroatoms. The average Bonchev–Trinajstić information content (AvgIpc) is 3.52. The Morgan fingerprint density at radius 1 is 1.18 bits per heavy atom. The third kappa shape index (κ3) is 3.76. The van der Waals surface area contributed by atoms with Gasteiger partial charge >= 0.3 is 0 Å². The lowest BCUT2D eigenvalue weighted by Crippen LogP contribution is -2.34. The first-order valence-electron chi connectivity index (χ1n) is 9.40. The summed E-state index contributed by atoms with van der Waals surface area (Å²) < 4.78 is 18.7. The first kappa shape index (κ1) is 18.2. The topological polar surface area (TPSA) is 62.4 Å². The van der Waals surface area contributed by atoms with Gasteiger partial charge in [0.05, 0.1) is 13.2 Å². The number of fused-ring (bicyclic) bond motifs is 1. The van der Waals surface area contributed by atoms with Crippen molar-refractivity contribution in [1.29, 1.82) is 0 Å². The van der Waals surface area contributed by atoms with E-state index in [1.807, 2.05) is 31.2 Å². The monoisotopic (exact) mass is 380 g/mol. The normalized spacial score (nSPS) is 13.5. The summed E-state index contributed by atoms with van der Waals surface area (Å²) in [5.74, 6) is 0.157. The van der Waals surface area contributed by atoms with Crippen LogP contribution in [0.25, 0.3) is 10.9 Å². The second-order valence-corrected chi connectivity index (χ2v) is 6.98. The molecule has 0 saturated heterocycles. The smallest absolute Gasteiger partial charge is 0.254 e. The largest absolute Gasteiger partial charge is 0.494 e. The van der Waals surface area contributed by atoms with Gasteiger partial charge in [0.25, 0.3) is 11.5 Å². The zero-order valence-electron chi connectivity index (χ0n) is 15.6. The van der Waals surface area contributed by atoms with Gasteiger partial charge in [0, 0.05) is 28.1 Å². The van der Waals surface area contributed by atoms with Crippen molar-refractivity contribution in [2.45, 2.75) is 32.4 Å². The van der Waals surface area contributed by atoms with E-state index >= 15 is 0 Å². The Kier molecular flexibility index (Phi) is 4.86. The summed E-state index contributed by atoms with van der Waals surface area (Å²) >= 11 is 0. The Bertz CT molecular complexity index is 1070. The van der Waals surface area contributed by atoms with Crippen LogP contribution in [0.5, 0.6) is 5.75 Å². The lowest BCUT2D eigenvalue weighted by Gasteiger charge is -2.22. The van der Waals surface area contributed by atoms with Crippen LogP contribution >= 0.6 is 0 Å². The quantitative estimate of drug-likeness (QED) is 0.706. The molecule has 1 aromatic heterocycles. The Morgan fingerprint density at radius 2 is 1.93 bits per heavy atom. The molecular formula is C22H21FN2O3. The maximum Gasteiger partial charge on any atom is 0.254 e. The molecule has 144 valence electrons. The van der Waals surface area contributed by atoms with E-state index in [4.69, 9.17) is 4.74 Å². The molecule has 2 aromatic carbocycles. The van der Waals surface area contributed by atoms with Gasteiger partial charge in [-0.05, 0) is 68.3 Å². The van der Waals surface area contributed by atoms with E-state index in [2.05, 4.69) is 4.98 Å². The van der Waals surface area contributed by atoms with E-state index in [0.29, 0.717) is 17.7 Å². The van der Waals surface area contributed by atoms with Crippen molar-refractivity contribution in [3.63, 3.8) is 0 Å². The van der Waals surface area contributed by atoms with Crippen LogP contribution in [0.15, 0.2) is 53.3 Å². The molecule has 0 aliphatic heterocycles. The molecule has 0 radical (unpaired) electrons. The van der Waals surface area contributed by atoms with E-state index in [0.717, 1.165) is 29.5 Å². The number of H-pyrrole nitrogens is 1. The van der Waals surface area contributed by atoms with Gasteiger partial charge in [-0.2, -0.15) is 0 Å². The predicted molar refractivity (Wildman–Crippen MR) is 105 cm³/mol. The van der Waals surface area contributed by atoms with Crippen LogP contribution in [0.2, 0.25) is 0 Å². The first-order valence-corrected chi connectivity index (χ1v) is 9.40. The molecule has 3 aromatic rings. The highest BCUT2D eigenvalue weighted by molar-refractivity contribution is 5.94. The lowest BCUT2D eigenvalue weighted by molar-refractivity contribution is 0.0729. The van der Waals surface area contributed by atoms with E-state index in [9.17, 15) is 14.0 Å². The van der Waals surface area contributed by atoms with Crippen LogP contribution in [0, 0.1) is 5.82 Å². The molecule has 1 saturated carbocycles. The zero-order valence-corrected chi connectivity index (χ0v) is 15.6. The van der Waals surface area contributed by atoms with Crippen LogP contribution in [0.1, 0.15) is 35.7 Å². The standard InChI is InChI=1S/C22H21FN2O3/c1-2-28-19-9-10-20-15(12-19)11-16(21(26)24-20)13-25(18-7-8-18)22(27)14-3-5-17(23)6-4-14/h3-6,9-12,18H,2,7-8,13H2,1H3,(H,24,26). The number of carbonyl (C=O) groups excluding carboxylic acids is 1. The van der Waals surface area contributed by atoms with Crippen LogP contribution < -0.4 is 10.3 Å². The maximum absolute atomic E-state index is 13.2. The van der Waals surface area contributed by atoms with Gasteiger partial charge in [0.15, 0.2) is 0 Å². The third-order valence-electron chi connectivity index (χ3n) is 4.88. The Labute approximate surface area is 161 Å². The summed E-state index contributed by atoms with van der Waals surface area (Å²) in [6.07, 6.45) is 1.82. The van der Waals surface area contributed by atoms with E-state index in [1.165, 1.54) is 24.3 Å². The number of hydrogen-bond acceptors (Lipinski definition) is 3. The Hall–Kier alpha value is -3.15. The SMILES string of the molecule is CCOc1ccc2[nH]c(=O)c(CN(C(=O)c3ccc(F)cc3)C3CC3)cc2c1. The van der Waals surface area contributed by atoms with E-state index in [1.54, 1.807) is 4.90 Å². The molecule has 1 heterocycles. The number of hydrogen-bond donors (Lipinski definition) is 1. The van der Waals surface area contributed by atoms with Gasteiger partial charge in [0.1, 0.15) is 11.6 Å². The molecule has 0 unspecified atom stereocenters. The molecule has 0 spiro atoms. The average molecular weight is 380 g/mol. The second-order valence-electron chi connectivity index (χ2n) is 6.98. The molecule has 0 bridgehead atoms. The van der Waals surface area contributed by atoms with Crippen LogP contribution in [-0.2, 0) is 6.54 Å². The van der Waals surface area contributed by atoms with Gasteiger partial charge in [-0.15, -0.1) is 0 Å². The summed E-state index contributed by atoms with van der Waals surface area (Å²) in [7, 11) is 0. The summed E-state index contributed by atoms with van der Waals surface area (Å²) in [5, 5.41) is 0.852. The molecule has 1 aliphatic rings. The molecule has 5 nitrogen and oxygen atoms in total. The van der Waals surface area contributed by atoms with Gasteiger partial charge in [0.2, 0.25) is 0 Å². The van der Waals surface area contributed by atoms with E-state index in [-0.39, 0.29) is 29.9 Å². The number of pyridine rings is 1. The molecule has 1 aliphatic carbocycles. The first-order chi connectivity index (χ1) is 13.5. The number of aromatic amines is 1. The minimum atomic E-state index is -0.384. The molecule has 1 N–H and O–H groups in total. The van der Waals surface area contributed by atoms with Crippen molar-refractivity contribution in [1.82, 2.24) is 9.88 Å². The van der Waals surface area contributed by atoms with Gasteiger partial charge in [-0.1, -0.05) is 0 Å². The number of rotatable bonds is 6. The van der Waals surface area contributed by atoms with Crippen molar-refractivity contribution in [2.75, 3.05) is 6.61 Å². The van der Waals surface area contributed by atoms with Gasteiger partial charge in [-0.25, -0.2) is 4.39 Å². The van der Waals surface area contributed by atoms with Crippen molar-refractivity contribution in [3.8, 4) is 5.75 Å². The van der Waals surface area contributed by atoms with Crippen LogP contribution in [-0.4, -0.2) is 28.4 Å². The molecule has 1 fully saturated rings. The highest BCUT2D eigenvalue weighted by Crippen LogP contribution is 2.30. The number of benzene rings is 2. The van der Waals surface area contributed by atoms with Crippen molar-refractivity contribution >= 4 is 16.8 Å². The van der Waals surface area contributed by atoms with Crippen molar-refractivity contribution in [3.05, 3.63) is 75.8 Å². The van der Waals surface area contributed by atoms with Crippen molar-refractivity contribution in [2.24, 2.45) is 0 Å². The highest BCUT2D eigenvalue weighted by Gasteiger charge is 2.33. The van der Waals surface area contributed by atoms with E-state index < -0.39 is 0 Å². The number of ether oxygens (including phenoxy) is 1. The van der Waals surface area contributed by atoms with Gasteiger partial charge < -0.3 is 14.6 Å². The number of halogens is 1. The summed E-state index contributed by atoms with van der Waals surface area (Å²) in [6, 6.07) is 12.9. The highest BCUT2D eigenvalue weighted by atomic mass is 19.1. The minimum absolute atomic E-state index is 0.113. The minimum Gasteiger partial charge on any atom is -0.494 e. The molecule has 4 rings (SSSR count). The number of nitrogens with zero attached hydrogens (tertiary/aromatic N) is 1.